The number of aromatic nitrogens is 2. The second kappa shape index (κ2) is 7.92. The number of carbonyl (C=O) groups excluding carboxylic acids is 1. The molecule has 4 heterocycles. The van der Waals surface area contributed by atoms with Crippen molar-refractivity contribution in [1.29, 1.82) is 0 Å². The van der Waals surface area contributed by atoms with Crippen LogP contribution in [0.1, 0.15) is 43.3 Å². The summed E-state index contributed by atoms with van der Waals surface area (Å²) in [5.74, 6) is 1.56. The van der Waals surface area contributed by atoms with Crippen molar-refractivity contribution in [3.05, 3.63) is 29.2 Å². The van der Waals surface area contributed by atoms with E-state index in [9.17, 15) is 13.2 Å². The average Bonchev–Trinajstić information content (AvgIpc) is 3.40. The van der Waals surface area contributed by atoms with Crippen molar-refractivity contribution in [3.63, 3.8) is 0 Å². The van der Waals surface area contributed by atoms with Crippen LogP contribution in [0.15, 0.2) is 26.2 Å². The quantitative estimate of drug-likeness (QED) is 0.747. The predicted octanol–water partition coefficient (Wildman–Crippen LogP) is 2.25. The Bertz CT molecular complexity index is 909. The number of rotatable bonds is 4. The van der Waals surface area contributed by atoms with E-state index in [0.717, 1.165) is 12.8 Å². The molecule has 0 spiro atoms. The molecule has 0 atom stereocenters. The summed E-state index contributed by atoms with van der Waals surface area (Å²) < 4.78 is 32.4. The van der Waals surface area contributed by atoms with Crippen molar-refractivity contribution in [2.75, 3.05) is 26.2 Å². The molecular formula is C18H24N4O4S2. The van der Waals surface area contributed by atoms with Gasteiger partial charge >= 0.3 is 0 Å². The standard InChI is InChI=1S/C18H24N4O4S2/c1-13-19-17(26-20-13)14-4-8-21(9-5-14)18(23)15-6-10-22(11-7-15)28(24,25)16-3-2-12-27-16/h2-3,12,14-15H,4-11H2,1H3. The normalized spacial score (nSPS) is 20.5. The molecule has 28 heavy (non-hydrogen) atoms. The van der Waals surface area contributed by atoms with Gasteiger partial charge in [-0.25, -0.2) is 8.42 Å². The first-order valence-corrected chi connectivity index (χ1v) is 11.9. The third-order valence-corrected chi connectivity index (χ3v) is 8.86. The van der Waals surface area contributed by atoms with Crippen LogP contribution < -0.4 is 0 Å². The van der Waals surface area contributed by atoms with Crippen molar-refractivity contribution in [2.24, 2.45) is 5.92 Å². The van der Waals surface area contributed by atoms with Crippen LogP contribution in [0.2, 0.25) is 0 Å². The number of hydrogen-bond donors (Lipinski definition) is 0. The van der Waals surface area contributed by atoms with E-state index in [-0.39, 0.29) is 17.7 Å². The molecule has 0 unspecified atom stereocenters. The molecule has 0 bridgehead atoms. The molecule has 0 N–H and O–H groups in total. The van der Waals surface area contributed by atoms with E-state index >= 15 is 0 Å². The van der Waals surface area contributed by atoms with Crippen LogP contribution in [-0.4, -0.2) is 59.8 Å². The van der Waals surface area contributed by atoms with Crippen LogP contribution in [0, 0.1) is 12.8 Å². The lowest BCUT2D eigenvalue weighted by Gasteiger charge is -2.36. The Labute approximate surface area is 168 Å². The van der Waals surface area contributed by atoms with Gasteiger partial charge in [0.1, 0.15) is 4.21 Å². The summed E-state index contributed by atoms with van der Waals surface area (Å²) in [6.07, 6.45) is 2.79. The summed E-state index contributed by atoms with van der Waals surface area (Å²) in [7, 11) is -3.42. The maximum Gasteiger partial charge on any atom is 0.252 e. The fourth-order valence-electron chi connectivity index (χ4n) is 3.96. The highest BCUT2D eigenvalue weighted by atomic mass is 32.2. The highest BCUT2D eigenvalue weighted by Crippen LogP contribution is 2.30. The van der Waals surface area contributed by atoms with Crippen LogP contribution in [0.3, 0.4) is 0 Å². The average molecular weight is 425 g/mol. The molecule has 0 radical (unpaired) electrons. The van der Waals surface area contributed by atoms with Gasteiger partial charge in [0.15, 0.2) is 5.82 Å². The van der Waals surface area contributed by atoms with Crippen molar-refractivity contribution < 1.29 is 17.7 Å². The van der Waals surface area contributed by atoms with Crippen LogP contribution in [0.5, 0.6) is 0 Å². The Morgan fingerprint density at radius 1 is 1.18 bits per heavy atom. The SMILES string of the molecule is Cc1noc(C2CCN(C(=O)C3CCN(S(=O)(=O)c4cccs4)CC3)CC2)n1. The zero-order valence-electron chi connectivity index (χ0n) is 15.8. The molecule has 0 aromatic carbocycles. The monoisotopic (exact) mass is 424 g/mol. The number of sulfonamides is 1. The number of amides is 1. The largest absolute Gasteiger partial charge is 0.342 e. The van der Waals surface area contributed by atoms with Gasteiger partial charge in [-0.05, 0) is 44.1 Å². The van der Waals surface area contributed by atoms with Gasteiger partial charge in [0.05, 0.1) is 0 Å². The number of carbonyl (C=O) groups is 1. The molecule has 2 aliphatic heterocycles. The van der Waals surface area contributed by atoms with Crippen LogP contribution in [0.4, 0.5) is 0 Å². The van der Waals surface area contributed by atoms with Gasteiger partial charge in [0.2, 0.25) is 11.8 Å². The molecule has 1 amide bonds. The summed E-state index contributed by atoms with van der Waals surface area (Å²) in [6, 6.07) is 3.37. The van der Waals surface area contributed by atoms with Gasteiger partial charge in [-0.15, -0.1) is 11.3 Å². The first-order chi connectivity index (χ1) is 13.4. The van der Waals surface area contributed by atoms with E-state index in [1.54, 1.807) is 24.4 Å². The van der Waals surface area contributed by atoms with E-state index in [1.807, 2.05) is 4.90 Å². The number of hydrogen-bond acceptors (Lipinski definition) is 7. The molecule has 2 fully saturated rings. The maximum atomic E-state index is 12.9. The van der Waals surface area contributed by atoms with Gasteiger partial charge in [-0.1, -0.05) is 11.2 Å². The summed E-state index contributed by atoms with van der Waals surface area (Å²) in [4.78, 5) is 19.1. The zero-order chi connectivity index (χ0) is 19.7. The van der Waals surface area contributed by atoms with E-state index in [1.165, 1.54) is 15.6 Å². The number of aryl methyl sites for hydroxylation is 1. The van der Waals surface area contributed by atoms with Crippen LogP contribution in [-0.2, 0) is 14.8 Å². The third-order valence-electron chi connectivity index (χ3n) is 5.59. The Balaban J connectivity index is 1.30. The molecule has 2 aromatic rings. The molecule has 152 valence electrons. The minimum absolute atomic E-state index is 0.100. The molecule has 8 nitrogen and oxygen atoms in total. The van der Waals surface area contributed by atoms with Gasteiger partial charge in [-0.3, -0.25) is 4.79 Å². The molecular weight excluding hydrogens is 400 g/mol. The Kier molecular flexibility index (Phi) is 5.52. The molecule has 0 saturated carbocycles. The fourth-order valence-corrected chi connectivity index (χ4v) is 6.58. The van der Waals surface area contributed by atoms with Gasteiger partial charge in [-0.2, -0.15) is 9.29 Å². The first-order valence-electron chi connectivity index (χ1n) is 9.58. The topological polar surface area (TPSA) is 96.6 Å². The number of nitrogens with zero attached hydrogens (tertiary/aromatic N) is 4. The maximum absolute atomic E-state index is 12.9. The second-order valence-corrected chi connectivity index (χ2v) is 10.5. The predicted molar refractivity (Wildman–Crippen MR) is 103 cm³/mol. The van der Waals surface area contributed by atoms with Gasteiger partial charge in [0, 0.05) is 38.0 Å². The highest BCUT2D eigenvalue weighted by molar-refractivity contribution is 7.91. The molecule has 4 rings (SSSR count). The second-order valence-electron chi connectivity index (χ2n) is 7.39. The summed E-state index contributed by atoms with van der Waals surface area (Å²) in [6.45, 7) is 3.96. The number of piperidine rings is 2. The minimum Gasteiger partial charge on any atom is -0.342 e. The third kappa shape index (κ3) is 3.85. The van der Waals surface area contributed by atoms with E-state index in [2.05, 4.69) is 10.1 Å². The van der Waals surface area contributed by atoms with Crippen molar-refractivity contribution >= 4 is 27.3 Å². The summed E-state index contributed by atoms with van der Waals surface area (Å²) in [5.41, 5.74) is 0. The Morgan fingerprint density at radius 3 is 2.46 bits per heavy atom. The molecule has 2 aliphatic rings. The lowest BCUT2D eigenvalue weighted by Crippen LogP contribution is -2.46. The number of likely N-dealkylation sites (tertiary alicyclic amines) is 1. The first kappa shape index (κ1) is 19.5. The van der Waals surface area contributed by atoms with Crippen LogP contribution in [0.25, 0.3) is 0 Å². The van der Waals surface area contributed by atoms with Crippen LogP contribution >= 0.6 is 11.3 Å². The fraction of sp³-hybridized carbons (Fsp3) is 0.611. The van der Waals surface area contributed by atoms with E-state index < -0.39 is 10.0 Å². The Morgan fingerprint density at radius 2 is 1.89 bits per heavy atom. The lowest BCUT2D eigenvalue weighted by molar-refractivity contribution is -0.137. The molecule has 10 heteroatoms. The van der Waals surface area contributed by atoms with Crippen molar-refractivity contribution in [3.8, 4) is 0 Å². The smallest absolute Gasteiger partial charge is 0.252 e. The van der Waals surface area contributed by atoms with Crippen molar-refractivity contribution in [2.45, 2.75) is 42.7 Å². The van der Waals surface area contributed by atoms with E-state index in [0.29, 0.717) is 54.9 Å². The lowest BCUT2D eigenvalue weighted by atomic mass is 9.92. The summed E-state index contributed by atoms with van der Waals surface area (Å²) >= 11 is 1.23. The zero-order valence-corrected chi connectivity index (χ0v) is 17.4. The van der Waals surface area contributed by atoms with Gasteiger partial charge in [0.25, 0.3) is 10.0 Å². The molecule has 0 aliphatic carbocycles. The molecule has 2 aromatic heterocycles. The Hall–Kier alpha value is -1.78. The molecule has 2 saturated heterocycles. The van der Waals surface area contributed by atoms with E-state index in [4.69, 9.17) is 4.52 Å². The summed E-state index contributed by atoms with van der Waals surface area (Å²) in [5, 5.41) is 5.61. The van der Waals surface area contributed by atoms with Crippen molar-refractivity contribution in [1.82, 2.24) is 19.3 Å². The highest BCUT2D eigenvalue weighted by Gasteiger charge is 2.35. The minimum atomic E-state index is -3.42. The van der Waals surface area contributed by atoms with Gasteiger partial charge < -0.3 is 9.42 Å². The number of thiophene rings is 1.